The number of ether oxygens (including phenoxy) is 2. The number of carbonyl (C=O) groups excluding carboxylic acids is 4. The van der Waals surface area contributed by atoms with Crippen LogP contribution < -0.4 is 10.6 Å². The molecule has 0 saturated carbocycles. The van der Waals surface area contributed by atoms with Crippen molar-refractivity contribution in [2.24, 2.45) is 0 Å². The lowest BCUT2D eigenvalue weighted by Crippen LogP contribution is -2.56. The highest BCUT2D eigenvalue weighted by Crippen LogP contribution is 2.26. The Kier molecular flexibility index (Phi) is 13.3. The van der Waals surface area contributed by atoms with Crippen molar-refractivity contribution in [1.82, 2.24) is 15.5 Å². The van der Waals surface area contributed by atoms with E-state index in [2.05, 4.69) is 23.3 Å². The monoisotopic (exact) mass is 629 g/mol. The number of aliphatic hydroxyl groups is 1. The van der Waals surface area contributed by atoms with Gasteiger partial charge < -0.3 is 30.1 Å². The molecule has 3 N–H and O–H groups in total. The second-order valence-corrected chi connectivity index (χ2v) is 13.0. The number of alkyl carbamates (subject to hydrolysis) is 1. The Morgan fingerprint density at radius 2 is 1.48 bits per heavy atom. The summed E-state index contributed by atoms with van der Waals surface area (Å²) in [6.07, 6.45) is -0.678. The molecule has 0 saturated heterocycles. The number of nitrogens with one attached hydrogen (secondary N) is 2. The number of amides is 3. The van der Waals surface area contributed by atoms with Crippen LogP contribution in [0.4, 0.5) is 4.79 Å². The molecule has 242 valence electrons. The number of carbonyl (C=O) groups is 4. The highest BCUT2D eigenvalue weighted by atomic mass is 32.1. The number of nitrogens with zero attached hydrogens (tertiary/aromatic N) is 1. The molecule has 0 aliphatic rings. The normalized spacial score (nSPS) is 13.7. The summed E-state index contributed by atoms with van der Waals surface area (Å²) < 4.78 is 11.0. The minimum Gasteiger partial charge on any atom is -0.458 e. The van der Waals surface area contributed by atoms with E-state index in [9.17, 15) is 24.3 Å². The molecule has 3 atom stereocenters. The Balaban J connectivity index is 2.56. The minimum absolute atomic E-state index is 0.101. The molecule has 0 spiro atoms. The van der Waals surface area contributed by atoms with Gasteiger partial charge in [0.15, 0.2) is 0 Å². The Bertz CT molecular complexity index is 1290. The first kappa shape index (κ1) is 36.6. The van der Waals surface area contributed by atoms with Gasteiger partial charge in [0, 0.05) is 18.7 Å². The van der Waals surface area contributed by atoms with E-state index in [0.717, 1.165) is 16.7 Å². The topological polar surface area (TPSA) is 134 Å². The zero-order valence-electron chi connectivity index (χ0n) is 27.0. The largest absolute Gasteiger partial charge is 0.458 e. The summed E-state index contributed by atoms with van der Waals surface area (Å²) in [7, 11) is 0. The fourth-order valence-electron chi connectivity index (χ4n) is 4.38. The Labute approximate surface area is 266 Å². The molecule has 3 unspecified atom stereocenters. The van der Waals surface area contributed by atoms with Gasteiger partial charge in [-0.05, 0) is 77.6 Å². The van der Waals surface area contributed by atoms with E-state index in [1.54, 1.807) is 53.7 Å². The highest BCUT2D eigenvalue weighted by Gasteiger charge is 2.38. The molecule has 2 aromatic rings. The molecular formula is C33H47N3O7S. The van der Waals surface area contributed by atoms with Crippen molar-refractivity contribution in [2.75, 3.05) is 18.9 Å². The lowest BCUT2D eigenvalue weighted by atomic mass is 9.97. The van der Waals surface area contributed by atoms with E-state index in [-0.39, 0.29) is 18.7 Å². The van der Waals surface area contributed by atoms with Crippen LogP contribution in [-0.2, 0) is 30.3 Å². The Hall–Kier alpha value is -3.57. The van der Waals surface area contributed by atoms with Crippen molar-refractivity contribution in [2.45, 2.75) is 91.1 Å². The lowest BCUT2D eigenvalue weighted by molar-refractivity contribution is -0.159. The highest BCUT2D eigenvalue weighted by molar-refractivity contribution is 7.80. The third-order valence-corrected chi connectivity index (χ3v) is 6.86. The molecular weight excluding hydrogens is 582 g/mol. The van der Waals surface area contributed by atoms with Crippen LogP contribution in [0.3, 0.4) is 0 Å². The van der Waals surface area contributed by atoms with Crippen LogP contribution in [0, 0.1) is 13.8 Å². The van der Waals surface area contributed by atoms with Crippen LogP contribution >= 0.6 is 12.6 Å². The fourth-order valence-corrected chi connectivity index (χ4v) is 4.63. The van der Waals surface area contributed by atoms with Gasteiger partial charge in [-0.1, -0.05) is 48.5 Å². The predicted molar refractivity (Wildman–Crippen MR) is 172 cm³/mol. The molecule has 44 heavy (non-hydrogen) atoms. The molecule has 0 fully saturated rings. The molecule has 0 heterocycles. The second-order valence-electron chi connectivity index (χ2n) is 12.7. The number of rotatable bonds is 12. The van der Waals surface area contributed by atoms with Crippen LogP contribution in [0.2, 0.25) is 0 Å². The van der Waals surface area contributed by atoms with Crippen LogP contribution in [0.5, 0.6) is 0 Å². The lowest BCUT2D eigenvalue weighted by Gasteiger charge is -2.35. The van der Waals surface area contributed by atoms with Crippen molar-refractivity contribution in [1.29, 1.82) is 0 Å². The van der Waals surface area contributed by atoms with Crippen molar-refractivity contribution < 1.29 is 33.8 Å². The molecule has 0 radical (unpaired) electrons. The van der Waals surface area contributed by atoms with E-state index in [4.69, 9.17) is 9.47 Å². The third kappa shape index (κ3) is 11.5. The van der Waals surface area contributed by atoms with Crippen LogP contribution in [0.15, 0.2) is 48.5 Å². The minimum atomic E-state index is -1.27. The third-order valence-electron chi connectivity index (χ3n) is 6.49. The van der Waals surface area contributed by atoms with E-state index < -0.39 is 59.8 Å². The molecule has 0 aromatic heterocycles. The van der Waals surface area contributed by atoms with Gasteiger partial charge in [0.25, 0.3) is 0 Å². The maximum absolute atomic E-state index is 14.2. The summed E-state index contributed by atoms with van der Waals surface area (Å²) >= 11 is 4.28. The van der Waals surface area contributed by atoms with Crippen molar-refractivity contribution in [3.63, 3.8) is 0 Å². The smallest absolute Gasteiger partial charge is 0.408 e. The summed E-state index contributed by atoms with van der Waals surface area (Å²) in [5.74, 6) is -2.05. The van der Waals surface area contributed by atoms with E-state index >= 15 is 0 Å². The average molecular weight is 630 g/mol. The van der Waals surface area contributed by atoms with E-state index in [1.165, 1.54) is 4.90 Å². The standard InChI is InChI=1S/C33H47N3O7S/c1-21-14-15-24(18-22(21)2)27(36(16-17-37)29(39)26(20-44)35-31(41)43-33(6,7)8)28(38)34-25(30(40)42-32(3,4)5)19-23-12-10-9-11-13-23/h9-15,18,25-27,37,44H,16-17,19-20H2,1-8H3,(H,34,38)(H,35,41). The van der Waals surface area contributed by atoms with Crippen LogP contribution in [-0.4, -0.2) is 76.1 Å². The molecule has 2 rings (SSSR count). The summed E-state index contributed by atoms with van der Waals surface area (Å²) in [5.41, 5.74) is 1.49. The number of aliphatic hydroxyl groups excluding tert-OH is 1. The van der Waals surface area contributed by atoms with E-state index in [0.29, 0.717) is 5.56 Å². The number of esters is 1. The summed E-state index contributed by atoms with van der Waals surface area (Å²) in [5, 5.41) is 15.4. The quantitative estimate of drug-likeness (QED) is 0.206. The molecule has 11 heteroatoms. The maximum Gasteiger partial charge on any atom is 0.408 e. The SMILES string of the molecule is Cc1ccc(C(C(=O)NC(Cc2ccccc2)C(=O)OC(C)(C)C)N(CCO)C(=O)C(CS)NC(=O)OC(C)(C)C)cc1C. The van der Waals surface area contributed by atoms with Gasteiger partial charge in [0.05, 0.1) is 6.61 Å². The molecule has 2 aromatic carbocycles. The van der Waals surface area contributed by atoms with Crippen molar-refractivity contribution in [3.8, 4) is 0 Å². The van der Waals surface area contributed by atoms with Gasteiger partial charge in [-0.25, -0.2) is 9.59 Å². The predicted octanol–water partition coefficient (Wildman–Crippen LogP) is 4.06. The molecule has 0 bridgehead atoms. The molecule has 0 aliphatic carbocycles. The number of benzene rings is 2. The Morgan fingerprint density at radius 1 is 0.864 bits per heavy atom. The summed E-state index contributed by atoms with van der Waals surface area (Å²) in [6, 6.07) is 11.0. The molecule has 0 aliphatic heterocycles. The fraction of sp³-hybridized carbons (Fsp3) is 0.515. The van der Waals surface area contributed by atoms with Gasteiger partial charge in [-0.3, -0.25) is 9.59 Å². The number of hydrogen-bond donors (Lipinski definition) is 4. The summed E-state index contributed by atoms with van der Waals surface area (Å²) in [6.45, 7) is 13.4. The average Bonchev–Trinajstić information content (AvgIpc) is 2.91. The first-order valence-corrected chi connectivity index (χ1v) is 15.2. The van der Waals surface area contributed by atoms with Gasteiger partial charge in [-0.15, -0.1) is 0 Å². The molecule has 3 amide bonds. The van der Waals surface area contributed by atoms with Crippen LogP contribution in [0.25, 0.3) is 0 Å². The first-order valence-electron chi connectivity index (χ1n) is 14.6. The number of aryl methyl sites for hydroxylation is 2. The van der Waals surface area contributed by atoms with Crippen molar-refractivity contribution >= 4 is 36.5 Å². The van der Waals surface area contributed by atoms with Crippen LogP contribution in [0.1, 0.15) is 69.8 Å². The van der Waals surface area contributed by atoms with Gasteiger partial charge in [0.1, 0.15) is 29.3 Å². The Morgan fingerprint density at radius 3 is 2.00 bits per heavy atom. The zero-order chi connectivity index (χ0) is 33.2. The van der Waals surface area contributed by atoms with Gasteiger partial charge >= 0.3 is 12.1 Å². The number of thiol groups is 1. The number of hydrogen-bond acceptors (Lipinski definition) is 8. The summed E-state index contributed by atoms with van der Waals surface area (Å²) in [4.78, 5) is 55.3. The van der Waals surface area contributed by atoms with E-state index in [1.807, 2.05) is 50.2 Å². The van der Waals surface area contributed by atoms with Gasteiger partial charge in [-0.2, -0.15) is 12.6 Å². The maximum atomic E-state index is 14.2. The molecule has 10 nitrogen and oxygen atoms in total. The van der Waals surface area contributed by atoms with Gasteiger partial charge in [0.2, 0.25) is 11.8 Å². The van der Waals surface area contributed by atoms with Crippen molar-refractivity contribution in [3.05, 3.63) is 70.8 Å². The first-order chi connectivity index (χ1) is 20.5. The second kappa shape index (κ2) is 15.9. The zero-order valence-corrected chi connectivity index (χ0v) is 27.9.